The fourth-order valence-corrected chi connectivity index (χ4v) is 3.80. The summed E-state index contributed by atoms with van der Waals surface area (Å²) in [5, 5.41) is 11.8. The fraction of sp³-hybridized carbons (Fsp3) is 0.217. The fourth-order valence-electron chi connectivity index (χ4n) is 3.80. The minimum absolute atomic E-state index is 0. The molecule has 10 heteroatoms. The molecular weight excluding hydrogens is 436 g/mol. The molecule has 1 fully saturated rings. The average Bonchev–Trinajstić information content (AvgIpc) is 3.52. The van der Waals surface area contributed by atoms with E-state index in [-0.39, 0.29) is 30.3 Å². The Morgan fingerprint density at radius 3 is 2.45 bits per heavy atom. The SMILES string of the molecule is Cc1cnc(NC(=O)C2(c3ccc4c(c3)OC(F)(F)O4)CC2)nc1-c1ccc(C(=O)O)cc1.[HH]. The quantitative estimate of drug-likeness (QED) is 0.587. The minimum atomic E-state index is -3.73. The highest BCUT2D eigenvalue weighted by Crippen LogP contribution is 2.52. The van der Waals surface area contributed by atoms with E-state index in [1.54, 1.807) is 31.3 Å². The van der Waals surface area contributed by atoms with Crippen molar-refractivity contribution in [1.82, 2.24) is 9.97 Å². The lowest BCUT2D eigenvalue weighted by molar-refractivity contribution is -0.286. The van der Waals surface area contributed by atoms with E-state index in [2.05, 4.69) is 24.8 Å². The summed E-state index contributed by atoms with van der Waals surface area (Å²) >= 11 is 0. The van der Waals surface area contributed by atoms with Crippen molar-refractivity contribution in [3.05, 3.63) is 65.4 Å². The lowest BCUT2D eigenvalue weighted by atomic mass is 9.94. The number of aryl methyl sites for hydroxylation is 1. The van der Waals surface area contributed by atoms with Gasteiger partial charge in [-0.15, -0.1) is 8.78 Å². The zero-order chi connectivity index (χ0) is 23.4. The van der Waals surface area contributed by atoms with Gasteiger partial charge in [0, 0.05) is 13.2 Å². The van der Waals surface area contributed by atoms with Gasteiger partial charge in [-0.1, -0.05) is 18.2 Å². The van der Waals surface area contributed by atoms with Crippen LogP contribution in [0.4, 0.5) is 14.7 Å². The Balaban J connectivity index is 0.00000274. The van der Waals surface area contributed by atoms with E-state index in [1.807, 2.05) is 0 Å². The summed E-state index contributed by atoms with van der Waals surface area (Å²) in [7, 11) is 0. The molecule has 2 N–H and O–H groups in total. The molecule has 0 spiro atoms. The first-order valence-corrected chi connectivity index (χ1v) is 10.1. The number of carboxylic acid groups (broad SMARTS) is 1. The smallest absolute Gasteiger partial charge is 0.478 e. The summed E-state index contributed by atoms with van der Waals surface area (Å²) in [6, 6.07) is 10.5. The highest BCUT2D eigenvalue weighted by Gasteiger charge is 2.53. The minimum Gasteiger partial charge on any atom is -0.478 e. The van der Waals surface area contributed by atoms with E-state index < -0.39 is 17.7 Å². The number of amides is 1. The van der Waals surface area contributed by atoms with Crippen LogP contribution in [0.2, 0.25) is 0 Å². The maximum absolute atomic E-state index is 13.3. The number of nitrogens with zero attached hydrogens (tertiary/aromatic N) is 2. The van der Waals surface area contributed by atoms with Crippen molar-refractivity contribution in [2.45, 2.75) is 31.5 Å². The van der Waals surface area contributed by atoms with Gasteiger partial charge in [0.05, 0.1) is 16.7 Å². The van der Waals surface area contributed by atoms with Crippen LogP contribution < -0.4 is 14.8 Å². The lowest BCUT2D eigenvalue weighted by Gasteiger charge is -2.16. The molecular formula is C23H19F2N3O5. The highest BCUT2D eigenvalue weighted by molar-refractivity contribution is 6.00. The molecule has 0 unspecified atom stereocenters. The standard InChI is InChI=1S/C23H17F2N3O5.H2/c1-12-11-26-21(27-18(12)13-2-4-14(5-3-13)19(29)30)28-20(31)22(8-9-22)15-6-7-16-17(10-15)33-23(24,25)32-16;/h2-7,10-11H,8-9H2,1H3,(H,29,30)(H,26,27,28,31);1H. The highest BCUT2D eigenvalue weighted by atomic mass is 19.3. The number of aromatic carboxylic acids is 1. The van der Waals surface area contributed by atoms with Gasteiger partial charge in [0.25, 0.3) is 0 Å². The van der Waals surface area contributed by atoms with E-state index in [9.17, 15) is 18.4 Å². The number of carboxylic acids is 1. The molecule has 170 valence electrons. The van der Waals surface area contributed by atoms with Crippen LogP contribution in [0.3, 0.4) is 0 Å². The molecule has 1 saturated carbocycles. The second kappa shape index (κ2) is 7.22. The number of carbonyl (C=O) groups excluding carboxylic acids is 1. The van der Waals surface area contributed by atoms with E-state index in [1.165, 1.54) is 24.3 Å². The molecule has 1 aliphatic carbocycles. The number of hydrogen-bond acceptors (Lipinski definition) is 6. The first-order chi connectivity index (χ1) is 15.7. The molecule has 0 saturated heterocycles. The molecule has 33 heavy (non-hydrogen) atoms. The zero-order valence-corrected chi connectivity index (χ0v) is 17.3. The van der Waals surface area contributed by atoms with Crippen molar-refractivity contribution in [3.63, 3.8) is 0 Å². The third-order valence-corrected chi connectivity index (χ3v) is 5.74. The van der Waals surface area contributed by atoms with Crippen LogP contribution in [-0.4, -0.2) is 33.2 Å². The van der Waals surface area contributed by atoms with Crippen LogP contribution in [0.1, 0.15) is 35.8 Å². The van der Waals surface area contributed by atoms with E-state index in [0.717, 1.165) is 5.56 Å². The Morgan fingerprint density at radius 1 is 1.09 bits per heavy atom. The summed E-state index contributed by atoms with van der Waals surface area (Å²) in [4.78, 5) is 32.8. The monoisotopic (exact) mass is 455 g/mol. The third kappa shape index (κ3) is 3.73. The predicted octanol–water partition coefficient (Wildman–Crippen LogP) is 4.39. The van der Waals surface area contributed by atoms with Crippen molar-refractivity contribution >= 4 is 17.8 Å². The summed E-state index contributed by atoms with van der Waals surface area (Å²) in [6.45, 7) is 1.80. The number of halogens is 2. The van der Waals surface area contributed by atoms with Crippen molar-refractivity contribution < 1.29 is 34.4 Å². The number of hydrogen-bond donors (Lipinski definition) is 2. The number of anilines is 1. The Bertz CT molecular complexity index is 1300. The maximum atomic E-state index is 13.3. The number of rotatable bonds is 5. The van der Waals surface area contributed by atoms with Crippen LogP contribution in [0.25, 0.3) is 11.3 Å². The summed E-state index contributed by atoms with van der Waals surface area (Å²) in [5.41, 5.74) is 1.76. The van der Waals surface area contributed by atoms with Gasteiger partial charge in [0.15, 0.2) is 11.5 Å². The Kier molecular flexibility index (Phi) is 4.55. The molecule has 1 aliphatic heterocycles. The number of benzene rings is 2. The van der Waals surface area contributed by atoms with Gasteiger partial charge in [-0.3, -0.25) is 10.1 Å². The molecule has 1 amide bonds. The lowest BCUT2D eigenvalue weighted by Crippen LogP contribution is -2.28. The number of carbonyl (C=O) groups is 2. The van der Waals surface area contributed by atoms with Gasteiger partial charge >= 0.3 is 12.3 Å². The maximum Gasteiger partial charge on any atom is 0.586 e. The van der Waals surface area contributed by atoms with E-state index in [0.29, 0.717) is 29.7 Å². The second-order valence-corrected chi connectivity index (χ2v) is 7.97. The van der Waals surface area contributed by atoms with Crippen LogP contribution >= 0.6 is 0 Å². The van der Waals surface area contributed by atoms with Crippen molar-refractivity contribution in [1.29, 1.82) is 0 Å². The largest absolute Gasteiger partial charge is 0.586 e. The van der Waals surface area contributed by atoms with Gasteiger partial charge < -0.3 is 14.6 Å². The molecule has 8 nitrogen and oxygen atoms in total. The molecule has 0 bridgehead atoms. The second-order valence-electron chi connectivity index (χ2n) is 7.97. The van der Waals surface area contributed by atoms with Crippen molar-refractivity contribution in [3.8, 4) is 22.8 Å². The average molecular weight is 455 g/mol. The molecule has 2 aliphatic rings. The Morgan fingerprint density at radius 2 is 1.79 bits per heavy atom. The Hall–Kier alpha value is -4.08. The molecule has 0 atom stereocenters. The van der Waals surface area contributed by atoms with Gasteiger partial charge in [0.1, 0.15) is 0 Å². The molecule has 0 radical (unpaired) electrons. The van der Waals surface area contributed by atoms with Gasteiger partial charge in [-0.25, -0.2) is 14.8 Å². The molecule has 3 aromatic rings. The molecule has 2 heterocycles. The molecule has 5 rings (SSSR count). The zero-order valence-electron chi connectivity index (χ0n) is 17.3. The Labute approximate surface area is 187 Å². The van der Waals surface area contributed by atoms with Crippen molar-refractivity contribution in [2.75, 3.05) is 5.32 Å². The van der Waals surface area contributed by atoms with E-state index in [4.69, 9.17) is 5.11 Å². The normalized spacial score (nSPS) is 16.8. The summed E-state index contributed by atoms with van der Waals surface area (Å²) in [6.07, 6.45) is -1.10. The van der Waals surface area contributed by atoms with Crippen molar-refractivity contribution in [2.24, 2.45) is 0 Å². The van der Waals surface area contributed by atoms with E-state index >= 15 is 0 Å². The topological polar surface area (TPSA) is 111 Å². The van der Waals surface area contributed by atoms with Gasteiger partial charge in [-0.2, -0.15) is 0 Å². The number of alkyl halides is 2. The number of nitrogens with one attached hydrogen (secondary N) is 1. The number of aromatic nitrogens is 2. The molecule has 1 aromatic heterocycles. The van der Waals surface area contributed by atoms with Gasteiger partial charge in [0.2, 0.25) is 11.9 Å². The summed E-state index contributed by atoms with van der Waals surface area (Å²) in [5.74, 6) is -1.50. The first kappa shape index (κ1) is 20.8. The van der Waals surface area contributed by atoms with Crippen LogP contribution in [0.5, 0.6) is 11.5 Å². The van der Waals surface area contributed by atoms with Gasteiger partial charge in [-0.05, 0) is 55.2 Å². The summed E-state index contributed by atoms with van der Waals surface area (Å²) < 4.78 is 35.6. The third-order valence-electron chi connectivity index (χ3n) is 5.74. The number of ether oxygens (including phenoxy) is 2. The van der Waals surface area contributed by atoms with Crippen LogP contribution in [-0.2, 0) is 10.2 Å². The number of fused-ring (bicyclic) bond motifs is 1. The molecule has 2 aromatic carbocycles. The van der Waals surface area contributed by atoms with Crippen LogP contribution in [0.15, 0.2) is 48.7 Å². The van der Waals surface area contributed by atoms with Crippen LogP contribution in [0, 0.1) is 6.92 Å². The predicted molar refractivity (Wildman–Crippen MR) is 113 cm³/mol. The first-order valence-electron chi connectivity index (χ1n) is 10.1.